The lowest BCUT2D eigenvalue weighted by Gasteiger charge is -2.29. The summed E-state index contributed by atoms with van der Waals surface area (Å²) in [6, 6.07) is 10.7. The Morgan fingerprint density at radius 1 is 1.31 bits per heavy atom. The van der Waals surface area contributed by atoms with E-state index in [-0.39, 0.29) is 0 Å². The first-order valence-electron chi connectivity index (χ1n) is 6.38. The molecule has 0 N–H and O–H groups in total. The molecule has 86 valence electrons. The minimum atomic E-state index is 0.464. The van der Waals surface area contributed by atoms with Crippen LogP contribution in [0.3, 0.4) is 0 Å². The highest BCUT2D eigenvalue weighted by Gasteiger charge is 2.26. The second-order valence-corrected chi connectivity index (χ2v) is 4.82. The van der Waals surface area contributed by atoms with Gasteiger partial charge in [-0.25, -0.2) is 0 Å². The quantitative estimate of drug-likeness (QED) is 0.748. The van der Waals surface area contributed by atoms with Gasteiger partial charge in [0.25, 0.3) is 0 Å². The fourth-order valence-corrected chi connectivity index (χ4v) is 2.94. The third kappa shape index (κ3) is 2.52. The van der Waals surface area contributed by atoms with Crippen molar-refractivity contribution in [1.82, 2.24) is 0 Å². The second kappa shape index (κ2) is 5.29. The molecule has 1 nitrogen and oxygen atoms in total. The molecule has 2 rings (SSSR count). The van der Waals surface area contributed by atoms with Gasteiger partial charge in [0.2, 0.25) is 0 Å². The van der Waals surface area contributed by atoms with Crippen molar-refractivity contribution in [3.8, 4) is 0 Å². The molecule has 0 aliphatic heterocycles. The highest BCUT2D eigenvalue weighted by molar-refractivity contribution is 5.79. The Bertz CT molecular complexity index is 342. The van der Waals surface area contributed by atoms with E-state index in [0.717, 1.165) is 25.7 Å². The van der Waals surface area contributed by atoms with Crippen LogP contribution in [-0.2, 0) is 4.79 Å². The lowest BCUT2D eigenvalue weighted by molar-refractivity contribution is -0.121. The Balaban J connectivity index is 2.13. The van der Waals surface area contributed by atoms with Crippen molar-refractivity contribution in [1.29, 1.82) is 0 Å². The summed E-state index contributed by atoms with van der Waals surface area (Å²) in [7, 11) is 0. The van der Waals surface area contributed by atoms with Crippen molar-refractivity contribution in [3.63, 3.8) is 0 Å². The first-order valence-corrected chi connectivity index (χ1v) is 6.38. The SMILES string of the molecule is CCC(c1ccccc1)[C@H]1CCCC(=O)C1. The third-order valence-corrected chi connectivity index (χ3v) is 3.76. The van der Waals surface area contributed by atoms with E-state index >= 15 is 0 Å². The lowest BCUT2D eigenvalue weighted by Crippen LogP contribution is -2.21. The van der Waals surface area contributed by atoms with E-state index in [9.17, 15) is 4.79 Å². The van der Waals surface area contributed by atoms with E-state index in [4.69, 9.17) is 0 Å². The molecule has 0 aromatic heterocycles. The fraction of sp³-hybridized carbons (Fsp3) is 0.533. The van der Waals surface area contributed by atoms with Crippen molar-refractivity contribution in [2.45, 2.75) is 44.9 Å². The first-order chi connectivity index (χ1) is 7.81. The van der Waals surface area contributed by atoms with Crippen molar-refractivity contribution in [3.05, 3.63) is 35.9 Å². The molecule has 0 heterocycles. The van der Waals surface area contributed by atoms with Gasteiger partial charge in [-0.1, -0.05) is 37.3 Å². The zero-order chi connectivity index (χ0) is 11.4. The van der Waals surface area contributed by atoms with E-state index in [0.29, 0.717) is 17.6 Å². The van der Waals surface area contributed by atoms with Crippen molar-refractivity contribution < 1.29 is 4.79 Å². The molecule has 1 saturated carbocycles. The minimum Gasteiger partial charge on any atom is -0.300 e. The summed E-state index contributed by atoms with van der Waals surface area (Å²) in [5.74, 6) is 1.62. The van der Waals surface area contributed by atoms with Crippen molar-refractivity contribution in [2.24, 2.45) is 5.92 Å². The summed E-state index contributed by atoms with van der Waals surface area (Å²) in [4.78, 5) is 11.5. The smallest absolute Gasteiger partial charge is 0.133 e. The average Bonchev–Trinajstić information content (AvgIpc) is 2.31. The van der Waals surface area contributed by atoms with Gasteiger partial charge in [0.1, 0.15) is 5.78 Å². The zero-order valence-electron chi connectivity index (χ0n) is 9.99. The maximum absolute atomic E-state index is 11.5. The molecule has 0 spiro atoms. The van der Waals surface area contributed by atoms with Gasteiger partial charge >= 0.3 is 0 Å². The van der Waals surface area contributed by atoms with Crippen LogP contribution in [0.5, 0.6) is 0 Å². The van der Waals surface area contributed by atoms with Crippen LogP contribution in [-0.4, -0.2) is 5.78 Å². The van der Waals surface area contributed by atoms with Gasteiger partial charge in [0.15, 0.2) is 0 Å². The summed E-state index contributed by atoms with van der Waals surface area (Å²) in [6.07, 6.45) is 5.06. The summed E-state index contributed by atoms with van der Waals surface area (Å²) < 4.78 is 0. The molecule has 1 fully saturated rings. The number of carbonyl (C=O) groups excluding carboxylic acids is 1. The van der Waals surface area contributed by atoms with Crippen molar-refractivity contribution >= 4 is 5.78 Å². The molecule has 1 aliphatic carbocycles. The van der Waals surface area contributed by atoms with Gasteiger partial charge in [-0.05, 0) is 36.7 Å². The predicted molar refractivity (Wildman–Crippen MR) is 66.4 cm³/mol. The molecule has 1 unspecified atom stereocenters. The van der Waals surface area contributed by atoms with Crippen LogP contribution in [0.4, 0.5) is 0 Å². The molecule has 0 amide bonds. The average molecular weight is 216 g/mol. The van der Waals surface area contributed by atoms with E-state index in [1.165, 1.54) is 12.0 Å². The van der Waals surface area contributed by atoms with Crippen molar-refractivity contribution in [2.75, 3.05) is 0 Å². The Hall–Kier alpha value is -1.11. The summed E-state index contributed by atoms with van der Waals surface area (Å²) in [5, 5.41) is 0. The first kappa shape index (κ1) is 11.4. The number of carbonyl (C=O) groups is 1. The van der Waals surface area contributed by atoms with E-state index in [1.807, 2.05) is 0 Å². The summed E-state index contributed by atoms with van der Waals surface area (Å²) in [5.41, 5.74) is 1.41. The van der Waals surface area contributed by atoms with Crippen LogP contribution in [0.1, 0.15) is 50.5 Å². The van der Waals surface area contributed by atoms with Crippen LogP contribution in [0, 0.1) is 5.92 Å². The van der Waals surface area contributed by atoms with Gasteiger partial charge in [0.05, 0.1) is 0 Å². The molecule has 0 bridgehead atoms. The maximum Gasteiger partial charge on any atom is 0.133 e. The standard InChI is InChI=1S/C15H20O/c1-2-15(12-7-4-3-5-8-12)13-9-6-10-14(16)11-13/h3-5,7-8,13,15H,2,6,9-11H2,1H3/t13-,15?/m0/s1. The Labute approximate surface area is 97.9 Å². The summed E-state index contributed by atoms with van der Waals surface area (Å²) >= 11 is 0. The van der Waals surface area contributed by atoms with E-state index < -0.39 is 0 Å². The fourth-order valence-electron chi connectivity index (χ4n) is 2.94. The molecule has 0 radical (unpaired) electrons. The lowest BCUT2D eigenvalue weighted by atomic mass is 9.75. The molecule has 1 aliphatic rings. The number of hydrogen-bond donors (Lipinski definition) is 0. The molecule has 1 aromatic carbocycles. The Kier molecular flexibility index (Phi) is 3.76. The van der Waals surface area contributed by atoms with Crippen LogP contribution >= 0.6 is 0 Å². The Morgan fingerprint density at radius 2 is 2.06 bits per heavy atom. The highest BCUT2D eigenvalue weighted by atomic mass is 16.1. The topological polar surface area (TPSA) is 17.1 Å². The van der Waals surface area contributed by atoms with E-state index in [2.05, 4.69) is 37.3 Å². The molecular weight excluding hydrogens is 196 g/mol. The molecule has 16 heavy (non-hydrogen) atoms. The zero-order valence-corrected chi connectivity index (χ0v) is 9.99. The van der Waals surface area contributed by atoms with Gasteiger partial charge in [0, 0.05) is 12.8 Å². The Morgan fingerprint density at radius 3 is 2.69 bits per heavy atom. The van der Waals surface area contributed by atoms with E-state index in [1.54, 1.807) is 0 Å². The van der Waals surface area contributed by atoms with Crippen LogP contribution in [0.15, 0.2) is 30.3 Å². The van der Waals surface area contributed by atoms with Crippen LogP contribution < -0.4 is 0 Å². The highest BCUT2D eigenvalue weighted by Crippen LogP contribution is 2.36. The third-order valence-electron chi connectivity index (χ3n) is 3.76. The monoisotopic (exact) mass is 216 g/mol. The summed E-state index contributed by atoms with van der Waals surface area (Å²) in [6.45, 7) is 2.23. The number of rotatable bonds is 3. The maximum atomic E-state index is 11.5. The molecule has 1 aromatic rings. The second-order valence-electron chi connectivity index (χ2n) is 4.82. The number of benzene rings is 1. The normalized spacial score (nSPS) is 23.1. The van der Waals surface area contributed by atoms with Gasteiger partial charge in [-0.2, -0.15) is 0 Å². The van der Waals surface area contributed by atoms with Crippen LogP contribution in [0.2, 0.25) is 0 Å². The molecular formula is C15H20O. The van der Waals surface area contributed by atoms with Crippen LogP contribution in [0.25, 0.3) is 0 Å². The van der Waals surface area contributed by atoms with Gasteiger partial charge < -0.3 is 0 Å². The molecule has 0 saturated heterocycles. The van der Waals surface area contributed by atoms with Gasteiger partial charge in [-0.15, -0.1) is 0 Å². The predicted octanol–water partition coefficient (Wildman–Crippen LogP) is 3.94. The number of Topliss-reactive ketones (excluding diaryl/α,β-unsaturated/α-hetero) is 1. The minimum absolute atomic E-state index is 0.464. The molecule has 1 heteroatoms. The largest absolute Gasteiger partial charge is 0.300 e. The van der Waals surface area contributed by atoms with Gasteiger partial charge in [-0.3, -0.25) is 4.79 Å². The molecule has 2 atom stereocenters. The number of ketones is 1. The number of hydrogen-bond acceptors (Lipinski definition) is 1.